The van der Waals surface area contributed by atoms with Crippen molar-refractivity contribution in [2.75, 3.05) is 26.7 Å². The van der Waals surface area contributed by atoms with Crippen LogP contribution in [0.2, 0.25) is 0 Å². The number of likely N-dealkylation sites (tertiary alicyclic amines) is 1. The molecule has 0 radical (unpaired) electrons. The molecule has 2 heterocycles. The van der Waals surface area contributed by atoms with Crippen molar-refractivity contribution in [3.05, 3.63) is 71.2 Å². The maximum absolute atomic E-state index is 12.7. The lowest BCUT2D eigenvalue weighted by molar-refractivity contribution is -0.605. The number of aromatic nitrogens is 1. The topological polar surface area (TPSA) is 50.5 Å². The fourth-order valence-corrected chi connectivity index (χ4v) is 3.40. The highest BCUT2D eigenvalue weighted by Crippen LogP contribution is 2.17. The molecule has 1 aromatic heterocycles. The molecule has 1 aliphatic rings. The molecular formula is C20H25N3O2. The predicted octanol–water partition coefficient (Wildman–Crippen LogP) is 2.10. The Labute approximate surface area is 149 Å². The zero-order valence-electron chi connectivity index (χ0n) is 14.7. The van der Waals surface area contributed by atoms with E-state index in [1.165, 1.54) is 18.0 Å². The first-order valence-electron chi connectivity index (χ1n) is 8.86. The van der Waals surface area contributed by atoms with Crippen LogP contribution in [0, 0.1) is 5.21 Å². The lowest BCUT2D eigenvalue weighted by atomic mass is 10.0. The van der Waals surface area contributed by atoms with E-state index in [9.17, 15) is 10.0 Å². The number of benzene rings is 1. The van der Waals surface area contributed by atoms with Crippen molar-refractivity contribution in [2.24, 2.45) is 0 Å². The van der Waals surface area contributed by atoms with E-state index in [4.69, 9.17) is 0 Å². The number of nitrogens with zero attached hydrogens (tertiary/aromatic N) is 3. The van der Waals surface area contributed by atoms with Gasteiger partial charge in [-0.1, -0.05) is 30.3 Å². The minimum atomic E-state index is -0.0497. The van der Waals surface area contributed by atoms with E-state index in [2.05, 4.69) is 36.2 Å². The van der Waals surface area contributed by atoms with Crippen LogP contribution in [-0.4, -0.2) is 48.4 Å². The van der Waals surface area contributed by atoms with Crippen molar-refractivity contribution >= 4 is 5.91 Å². The average molecular weight is 339 g/mol. The summed E-state index contributed by atoms with van der Waals surface area (Å²) in [5.41, 5.74) is 1.80. The van der Waals surface area contributed by atoms with Gasteiger partial charge in [-0.25, -0.2) is 0 Å². The molecule has 2 aromatic rings. The van der Waals surface area contributed by atoms with Gasteiger partial charge in [-0.3, -0.25) is 4.79 Å². The monoisotopic (exact) mass is 339 g/mol. The molecule has 25 heavy (non-hydrogen) atoms. The fraction of sp³-hybridized carbons (Fsp3) is 0.400. The van der Waals surface area contributed by atoms with Crippen molar-refractivity contribution in [1.82, 2.24) is 9.80 Å². The van der Waals surface area contributed by atoms with Gasteiger partial charge in [-0.15, -0.1) is 0 Å². The van der Waals surface area contributed by atoms with E-state index >= 15 is 0 Å². The van der Waals surface area contributed by atoms with Gasteiger partial charge in [0.1, 0.15) is 5.56 Å². The Hall–Kier alpha value is -2.40. The molecule has 5 heteroatoms. The largest absolute Gasteiger partial charge is 0.619 e. The lowest BCUT2D eigenvalue weighted by Crippen LogP contribution is -2.49. The van der Waals surface area contributed by atoms with E-state index in [-0.39, 0.29) is 5.91 Å². The highest BCUT2D eigenvalue weighted by atomic mass is 16.5. The van der Waals surface area contributed by atoms with Crippen molar-refractivity contribution in [3.63, 3.8) is 0 Å². The second kappa shape index (κ2) is 8.12. The third-order valence-electron chi connectivity index (χ3n) is 4.93. The Balaban J connectivity index is 1.57. The quantitative estimate of drug-likeness (QED) is 0.619. The van der Waals surface area contributed by atoms with E-state index in [0.29, 0.717) is 16.3 Å². The number of hydrogen-bond acceptors (Lipinski definition) is 3. The Morgan fingerprint density at radius 3 is 2.84 bits per heavy atom. The average Bonchev–Trinajstić information content (AvgIpc) is 2.66. The van der Waals surface area contributed by atoms with Crippen LogP contribution in [0.4, 0.5) is 0 Å². The first-order chi connectivity index (χ1) is 12.1. The molecule has 1 saturated heterocycles. The molecular weight excluding hydrogens is 314 g/mol. The van der Waals surface area contributed by atoms with Crippen LogP contribution in [0.3, 0.4) is 0 Å². The summed E-state index contributed by atoms with van der Waals surface area (Å²) in [5, 5.41) is 11.4. The van der Waals surface area contributed by atoms with Gasteiger partial charge in [0, 0.05) is 31.7 Å². The minimum Gasteiger partial charge on any atom is -0.619 e. The predicted molar refractivity (Wildman–Crippen MR) is 97.1 cm³/mol. The molecule has 0 saturated carbocycles. The summed E-state index contributed by atoms with van der Waals surface area (Å²) in [5.74, 6) is -0.0497. The Morgan fingerprint density at radius 1 is 1.28 bits per heavy atom. The Morgan fingerprint density at radius 2 is 2.08 bits per heavy atom. The minimum absolute atomic E-state index is 0.0497. The third kappa shape index (κ3) is 4.57. The van der Waals surface area contributed by atoms with Gasteiger partial charge in [-0.2, -0.15) is 4.73 Å². The molecule has 0 N–H and O–H groups in total. The number of pyridine rings is 1. The van der Waals surface area contributed by atoms with Crippen molar-refractivity contribution < 1.29 is 9.52 Å². The van der Waals surface area contributed by atoms with Gasteiger partial charge >= 0.3 is 0 Å². The van der Waals surface area contributed by atoms with Crippen molar-refractivity contribution in [3.8, 4) is 0 Å². The lowest BCUT2D eigenvalue weighted by Gasteiger charge is -2.37. The van der Waals surface area contributed by atoms with Crippen LogP contribution in [0.25, 0.3) is 0 Å². The second-order valence-electron chi connectivity index (χ2n) is 6.72. The molecule has 1 fully saturated rings. The summed E-state index contributed by atoms with van der Waals surface area (Å²) in [4.78, 5) is 16.9. The van der Waals surface area contributed by atoms with Gasteiger partial charge < -0.3 is 15.0 Å². The smallest absolute Gasteiger partial charge is 0.260 e. The SMILES string of the molecule is CN(CCc1ccccc1)[C@@H]1CCCN(C(=O)c2ccc[n+]([O-])c2)C1. The number of carbonyl (C=O) groups is 1. The van der Waals surface area contributed by atoms with Gasteiger partial charge in [0.2, 0.25) is 0 Å². The number of likely N-dealkylation sites (N-methyl/N-ethyl adjacent to an activating group) is 1. The zero-order chi connectivity index (χ0) is 17.6. The second-order valence-corrected chi connectivity index (χ2v) is 6.72. The molecule has 1 aromatic carbocycles. The van der Waals surface area contributed by atoms with Crippen LogP contribution in [-0.2, 0) is 6.42 Å². The van der Waals surface area contributed by atoms with E-state index in [0.717, 1.165) is 38.9 Å². The maximum Gasteiger partial charge on any atom is 0.260 e. The molecule has 0 unspecified atom stereocenters. The Bertz CT molecular complexity index is 705. The van der Waals surface area contributed by atoms with E-state index in [1.54, 1.807) is 12.1 Å². The number of piperidine rings is 1. The first-order valence-corrected chi connectivity index (χ1v) is 8.86. The summed E-state index contributed by atoms with van der Waals surface area (Å²) in [6.07, 6.45) is 5.86. The molecule has 0 spiro atoms. The molecule has 132 valence electrons. The summed E-state index contributed by atoms with van der Waals surface area (Å²) in [7, 11) is 2.13. The third-order valence-corrected chi connectivity index (χ3v) is 4.93. The summed E-state index contributed by atoms with van der Waals surface area (Å²) in [6.45, 7) is 2.45. The molecule has 0 bridgehead atoms. The molecule has 1 atom stereocenters. The van der Waals surface area contributed by atoms with E-state index < -0.39 is 0 Å². The molecule has 3 rings (SSSR count). The zero-order valence-corrected chi connectivity index (χ0v) is 14.7. The van der Waals surface area contributed by atoms with Gasteiger partial charge in [0.25, 0.3) is 5.91 Å². The number of hydrogen-bond donors (Lipinski definition) is 0. The van der Waals surface area contributed by atoms with Crippen LogP contribution in [0.5, 0.6) is 0 Å². The number of rotatable bonds is 5. The fourth-order valence-electron chi connectivity index (χ4n) is 3.40. The molecule has 1 amide bonds. The molecule has 1 aliphatic heterocycles. The standard InChI is InChI=1S/C20H25N3O2/c1-21(14-11-17-7-3-2-4-8-17)19-10-6-12-22(16-19)20(24)18-9-5-13-23(25)15-18/h2-5,7-9,13,15,19H,6,10-12,14,16H2,1H3/t19-/m1/s1. The van der Waals surface area contributed by atoms with Crippen LogP contribution >= 0.6 is 0 Å². The maximum atomic E-state index is 12.7. The van der Waals surface area contributed by atoms with Crippen LogP contribution in [0.15, 0.2) is 54.9 Å². The van der Waals surface area contributed by atoms with Gasteiger partial charge in [0.05, 0.1) is 0 Å². The number of amides is 1. The highest BCUT2D eigenvalue weighted by Gasteiger charge is 2.27. The summed E-state index contributed by atoms with van der Waals surface area (Å²) < 4.78 is 0.681. The van der Waals surface area contributed by atoms with Crippen LogP contribution < -0.4 is 4.73 Å². The van der Waals surface area contributed by atoms with Crippen molar-refractivity contribution in [1.29, 1.82) is 0 Å². The van der Waals surface area contributed by atoms with Gasteiger partial charge in [0.15, 0.2) is 12.4 Å². The molecule has 0 aliphatic carbocycles. The van der Waals surface area contributed by atoms with Gasteiger partial charge in [-0.05, 0) is 37.9 Å². The van der Waals surface area contributed by atoms with Crippen LogP contribution in [0.1, 0.15) is 28.8 Å². The first kappa shape index (κ1) is 17.4. The summed E-state index contributed by atoms with van der Waals surface area (Å²) >= 11 is 0. The van der Waals surface area contributed by atoms with Crippen molar-refractivity contribution in [2.45, 2.75) is 25.3 Å². The number of carbonyl (C=O) groups excluding carboxylic acids is 1. The normalized spacial score (nSPS) is 17.7. The highest BCUT2D eigenvalue weighted by molar-refractivity contribution is 5.93. The van der Waals surface area contributed by atoms with E-state index in [1.807, 2.05) is 11.0 Å². The Kier molecular flexibility index (Phi) is 5.66. The molecule has 5 nitrogen and oxygen atoms in total. The summed E-state index contributed by atoms with van der Waals surface area (Å²) in [6, 6.07) is 14.2.